The van der Waals surface area contributed by atoms with Gasteiger partial charge in [-0.15, -0.1) is 11.3 Å². The first-order chi connectivity index (χ1) is 26.5. The van der Waals surface area contributed by atoms with E-state index in [1.165, 1.54) is 11.3 Å². The molecule has 1 aliphatic heterocycles. The summed E-state index contributed by atoms with van der Waals surface area (Å²) >= 11 is 1.29. The van der Waals surface area contributed by atoms with Gasteiger partial charge in [-0.05, 0) is 68.9 Å². The summed E-state index contributed by atoms with van der Waals surface area (Å²) in [7, 11) is -0.278. The molecule has 15 heteroatoms. The first kappa shape index (κ1) is 39.8. The lowest BCUT2D eigenvalue weighted by Crippen LogP contribution is -2.51. The first-order valence-corrected chi connectivity index (χ1v) is 22.0. The standard InChI is InChI=1S/C41H51N5O8S2/c1-40(2,3)21-36(48)44-39-43-33(22-55-39)32-19-34(28-14-11-25(53-5)18-31(28)42-32)54-26-16-29-30(17-26)38(50)46(4)15-9-7-6-8-10-24-20-41(24,45-37(29)49)35(47)23-56(51,52)27-12-13-27/h8,10-11,14,18-19,22,24,26-27,29-30H,6-7,9,12-13,15-17,20-21,23H2,1-5H3,(H,45,49)(H,43,44,48)/b10-8-/t24-,26-,29-,30-,41-/m1/s1. The molecule has 0 saturated heterocycles. The number of hydrogen-bond acceptors (Lipinski definition) is 11. The predicted octanol–water partition coefficient (Wildman–Crippen LogP) is 5.73. The van der Waals surface area contributed by atoms with Gasteiger partial charge in [0.2, 0.25) is 17.7 Å². The van der Waals surface area contributed by atoms with E-state index < -0.39 is 56.0 Å². The van der Waals surface area contributed by atoms with Crippen LogP contribution in [0, 0.1) is 23.2 Å². The minimum atomic E-state index is -3.60. The molecule has 1 aromatic carbocycles. The molecule has 2 N–H and O–H groups in total. The quantitative estimate of drug-likeness (QED) is 0.241. The zero-order chi connectivity index (χ0) is 40.0. The van der Waals surface area contributed by atoms with Crippen molar-refractivity contribution in [3.63, 3.8) is 0 Å². The fourth-order valence-corrected chi connectivity index (χ4v) is 10.4. The van der Waals surface area contributed by atoms with Gasteiger partial charge in [0.05, 0.1) is 35.4 Å². The molecule has 0 spiro atoms. The number of pyridine rings is 1. The lowest BCUT2D eigenvalue weighted by molar-refractivity contribution is -0.140. The molecule has 13 nitrogen and oxygen atoms in total. The van der Waals surface area contributed by atoms with Crippen molar-refractivity contribution in [2.24, 2.45) is 23.2 Å². The summed E-state index contributed by atoms with van der Waals surface area (Å²) < 4.78 is 38.0. The highest BCUT2D eigenvalue weighted by molar-refractivity contribution is 7.93. The second-order valence-corrected chi connectivity index (χ2v) is 20.2. The van der Waals surface area contributed by atoms with Crippen LogP contribution in [0.2, 0.25) is 0 Å². The summed E-state index contributed by atoms with van der Waals surface area (Å²) in [6.45, 7) is 6.52. The van der Waals surface area contributed by atoms with Crippen molar-refractivity contribution < 1.29 is 37.1 Å². The number of fused-ring (bicyclic) bond motifs is 3. The third kappa shape index (κ3) is 8.78. The minimum Gasteiger partial charge on any atom is -0.497 e. The first-order valence-electron chi connectivity index (χ1n) is 19.4. The lowest BCUT2D eigenvalue weighted by atomic mass is 9.92. The van der Waals surface area contributed by atoms with E-state index in [0.717, 1.165) is 19.3 Å². The molecule has 3 fully saturated rings. The Morgan fingerprint density at radius 3 is 2.57 bits per heavy atom. The maximum atomic E-state index is 14.3. The third-order valence-corrected chi connectivity index (χ3v) is 14.1. The SMILES string of the molecule is COc1ccc2c(O[C@@H]3C[C@H]4C(=O)N[C@]5(C(=O)CS(=O)(=O)C6CC6)C[C@H]5/C=C\CCCCN(C)C(=O)[C@@H]4C3)cc(-c3csc(NC(=O)CC(C)(C)C)n3)nc2c1. The van der Waals surface area contributed by atoms with Crippen molar-refractivity contribution in [2.75, 3.05) is 31.8 Å². The zero-order valence-electron chi connectivity index (χ0n) is 32.6. The third-order valence-electron chi connectivity index (χ3n) is 11.2. The van der Waals surface area contributed by atoms with E-state index in [9.17, 15) is 27.6 Å². The Hall–Kier alpha value is -4.37. The molecule has 2 aromatic heterocycles. The van der Waals surface area contributed by atoms with Gasteiger partial charge in [-0.1, -0.05) is 32.9 Å². The van der Waals surface area contributed by atoms with Crippen molar-refractivity contribution in [3.8, 4) is 22.9 Å². The summed E-state index contributed by atoms with van der Waals surface area (Å²) in [6, 6.07) is 7.23. The molecular weight excluding hydrogens is 755 g/mol. The van der Waals surface area contributed by atoms with Gasteiger partial charge in [0.25, 0.3) is 0 Å². The maximum Gasteiger partial charge on any atom is 0.226 e. The van der Waals surface area contributed by atoms with Gasteiger partial charge in [0.1, 0.15) is 34.6 Å². The van der Waals surface area contributed by atoms with Crippen LogP contribution in [0.1, 0.15) is 78.6 Å². The molecule has 0 bridgehead atoms. The smallest absolute Gasteiger partial charge is 0.226 e. The van der Waals surface area contributed by atoms with Gasteiger partial charge >= 0.3 is 0 Å². The van der Waals surface area contributed by atoms with Crippen LogP contribution >= 0.6 is 11.3 Å². The van der Waals surface area contributed by atoms with Crippen molar-refractivity contribution in [1.29, 1.82) is 0 Å². The number of thiazole rings is 1. The van der Waals surface area contributed by atoms with Crippen LogP contribution in [0.15, 0.2) is 41.8 Å². The number of anilines is 1. The number of rotatable bonds is 10. The summed E-state index contributed by atoms with van der Waals surface area (Å²) in [5.74, 6) is -2.58. The van der Waals surface area contributed by atoms with E-state index >= 15 is 0 Å². The minimum absolute atomic E-state index is 0.131. The zero-order valence-corrected chi connectivity index (χ0v) is 34.3. The van der Waals surface area contributed by atoms with E-state index in [-0.39, 0.29) is 36.0 Å². The maximum absolute atomic E-state index is 14.3. The molecule has 3 aliphatic carbocycles. The number of allylic oxidation sites excluding steroid dienone is 1. The number of nitrogens with one attached hydrogen (secondary N) is 2. The van der Waals surface area contributed by atoms with Gasteiger partial charge in [-0.3, -0.25) is 19.2 Å². The Balaban J connectivity index is 1.17. The molecule has 300 valence electrons. The van der Waals surface area contributed by atoms with E-state index in [1.54, 1.807) is 37.3 Å². The number of aromatic nitrogens is 2. The highest BCUT2D eigenvalue weighted by Gasteiger charge is 2.61. The monoisotopic (exact) mass is 805 g/mol. The van der Waals surface area contributed by atoms with Crippen LogP contribution in [0.25, 0.3) is 22.3 Å². The molecule has 4 aliphatic rings. The van der Waals surface area contributed by atoms with Crippen LogP contribution in [0.3, 0.4) is 0 Å². The second-order valence-electron chi connectivity index (χ2n) is 17.0. The number of hydrogen-bond donors (Lipinski definition) is 2. The molecule has 56 heavy (non-hydrogen) atoms. The van der Waals surface area contributed by atoms with E-state index in [1.807, 2.05) is 44.4 Å². The van der Waals surface area contributed by atoms with Gasteiger partial charge < -0.3 is 25.0 Å². The van der Waals surface area contributed by atoms with Crippen LogP contribution in [0.4, 0.5) is 5.13 Å². The number of methoxy groups -OCH3 is 1. The average Bonchev–Trinajstić information content (AvgIpc) is 4.02. The Morgan fingerprint density at radius 2 is 1.84 bits per heavy atom. The number of benzene rings is 1. The molecule has 0 unspecified atom stereocenters. The van der Waals surface area contributed by atoms with E-state index in [4.69, 9.17) is 14.5 Å². The molecular formula is C41H51N5O8S2. The summed E-state index contributed by atoms with van der Waals surface area (Å²) in [4.78, 5) is 66.0. The number of amides is 3. The Bertz CT molecular complexity index is 2170. The number of sulfone groups is 1. The van der Waals surface area contributed by atoms with Gasteiger partial charge in [-0.25, -0.2) is 18.4 Å². The van der Waals surface area contributed by atoms with Crippen molar-refractivity contribution in [2.45, 2.75) is 95.5 Å². The Morgan fingerprint density at radius 1 is 1.07 bits per heavy atom. The number of Topliss-reactive ketones (excluding diaryl/α,β-unsaturated/α-hetero) is 1. The van der Waals surface area contributed by atoms with Crippen LogP contribution in [-0.2, 0) is 29.0 Å². The molecule has 3 amide bonds. The van der Waals surface area contributed by atoms with Gasteiger partial charge in [-0.2, -0.15) is 0 Å². The highest BCUT2D eigenvalue weighted by atomic mass is 32.2. The predicted molar refractivity (Wildman–Crippen MR) is 214 cm³/mol. The number of nitrogens with zero attached hydrogens (tertiary/aromatic N) is 3. The second kappa shape index (κ2) is 15.5. The normalized spacial score (nSPS) is 26.4. The molecule has 3 saturated carbocycles. The number of carbonyl (C=O) groups is 4. The summed E-state index contributed by atoms with van der Waals surface area (Å²) in [5.41, 5.74) is 0.136. The molecule has 3 heterocycles. The summed E-state index contributed by atoms with van der Waals surface area (Å²) in [5, 5.41) is 8.36. The largest absolute Gasteiger partial charge is 0.497 e. The molecule has 0 radical (unpaired) electrons. The molecule has 5 atom stereocenters. The average molecular weight is 806 g/mol. The van der Waals surface area contributed by atoms with Crippen LogP contribution in [0.5, 0.6) is 11.5 Å². The van der Waals surface area contributed by atoms with Gasteiger partial charge in [0.15, 0.2) is 20.8 Å². The highest BCUT2D eigenvalue weighted by Crippen LogP contribution is 2.48. The van der Waals surface area contributed by atoms with Crippen LogP contribution < -0.4 is 20.1 Å². The number of carbonyl (C=O) groups excluding carboxylic acids is 4. The van der Waals surface area contributed by atoms with Crippen molar-refractivity contribution in [1.82, 2.24) is 20.2 Å². The number of ketones is 1. The number of ether oxygens (including phenoxy) is 2. The Kier molecular flexibility index (Phi) is 11.0. The van der Waals surface area contributed by atoms with E-state index in [2.05, 4.69) is 15.6 Å². The molecule has 3 aromatic rings. The van der Waals surface area contributed by atoms with Crippen LogP contribution in [-0.4, -0.2) is 90.1 Å². The molecule has 7 rings (SSSR count). The fourth-order valence-electron chi connectivity index (χ4n) is 7.94. The van der Waals surface area contributed by atoms with Crippen molar-refractivity contribution in [3.05, 3.63) is 41.8 Å². The lowest BCUT2D eigenvalue weighted by Gasteiger charge is -2.26. The van der Waals surface area contributed by atoms with Crippen molar-refractivity contribution >= 4 is 60.7 Å². The summed E-state index contributed by atoms with van der Waals surface area (Å²) in [6.07, 6.45) is 8.00. The Labute approximate surface area is 331 Å². The fraction of sp³-hybridized carbons (Fsp3) is 0.561. The van der Waals surface area contributed by atoms with E-state index in [0.29, 0.717) is 71.1 Å². The van der Waals surface area contributed by atoms with Gasteiger partial charge in [0, 0.05) is 48.8 Å². The topological polar surface area (TPSA) is 174 Å².